The minimum atomic E-state index is -0.278. The smallest absolute Gasteiger partial charge is 0.253 e. The van der Waals surface area contributed by atoms with E-state index in [1.807, 2.05) is 30.9 Å². The van der Waals surface area contributed by atoms with Crippen LogP contribution in [0.5, 0.6) is 0 Å². The molecule has 4 aliphatic rings. The summed E-state index contributed by atoms with van der Waals surface area (Å²) in [6, 6.07) is 8.26. The third-order valence-electron chi connectivity index (χ3n) is 7.65. The number of fused-ring (bicyclic) bond motifs is 1. The summed E-state index contributed by atoms with van der Waals surface area (Å²) in [6.45, 7) is 9.65. The second-order valence-corrected chi connectivity index (χ2v) is 9.71. The summed E-state index contributed by atoms with van der Waals surface area (Å²) in [7, 11) is 0. The normalized spacial score (nSPS) is 21.5. The molecule has 1 aromatic carbocycles. The molecule has 0 saturated carbocycles. The van der Waals surface area contributed by atoms with Crippen LogP contribution in [0.15, 0.2) is 65.6 Å². The fourth-order valence-electron chi connectivity index (χ4n) is 5.70. The highest BCUT2D eigenvalue weighted by Gasteiger charge is 2.40. The minimum Gasteiger partial charge on any atom is -0.482 e. The molecule has 0 aromatic heterocycles. The Kier molecular flexibility index (Phi) is 6.64. The molecule has 5 heteroatoms. The Bertz CT molecular complexity index is 1030. The van der Waals surface area contributed by atoms with Crippen LogP contribution in [0.1, 0.15) is 61.9 Å². The quantitative estimate of drug-likeness (QED) is 0.680. The van der Waals surface area contributed by atoms with E-state index >= 15 is 0 Å². The van der Waals surface area contributed by atoms with E-state index in [1.165, 1.54) is 29.7 Å². The maximum atomic E-state index is 12.9. The van der Waals surface area contributed by atoms with Crippen LogP contribution in [0.4, 0.5) is 0 Å². The van der Waals surface area contributed by atoms with Crippen LogP contribution in [-0.4, -0.2) is 60.6 Å². The van der Waals surface area contributed by atoms with Gasteiger partial charge < -0.3 is 19.9 Å². The highest BCUT2D eigenvalue weighted by atomic mass is 16.5. The van der Waals surface area contributed by atoms with Crippen molar-refractivity contribution in [3.63, 3.8) is 0 Å². The van der Waals surface area contributed by atoms with E-state index in [9.17, 15) is 4.79 Å². The van der Waals surface area contributed by atoms with Crippen LogP contribution in [0.2, 0.25) is 0 Å². The summed E-state index contributed by atoms with van der Waals surface area (Å²) < 4.78 is 6.81. The van der Waals surface area contributed by atoms with Crippen LogP contribution in [0.25, 0.3) is 5.57 Å². The van der Waals surface area contributed by atoms with Crippen LogP contribution in [-0.2, 0) is 4.74 Å². The highest BCUT2D eigenvalue weighted by molar-refractivity contribution is 5.95. The average Bonchev–Trinajstić information content (AvgIpc) is 3.32. The largest absolute Gasteiger partial charge is 0.482 e. The molecule has 1 aromatic rings. The summed E-state index contributed by atoms with van der Waals surface area (Å²) in [5.74, 6) is 1.10. The molecular formula is C29H37N3O2. The summed E-state index contributed by atoms with van der Waals surface area (Å²) in [5.41, 5.74) is 5.50. The molecule has 1 N–H and O–H groups in total. The predicted octanol–water partition coefficient (Wildman–Crippen LogP) is 4.90. The third kappa shape index (κ3) is 4.34. The number of benzene rings is 1. The highest BCUT2D eigenvalue weighted by Crippen LogP contribution is 2.46. The van der Waals surface area contributed by atoms with E-state index in [4.69, 9.17) is 4.74 Å². The van der Waals surface area contributed by atoms with Gasteiger partial charge in [0.05, 0.1) is 0 Å². The van der Waals surface area contributed by atoms with Gasteiger partial charge in [-0.15, -0.1) is 0 Å². The maximum Gasteiger partial charge on any atom is 0.253 e. The Morgan fingerprint density at radius 2 is 1.79 bits per heavy atom. The zero-order valence-corrected chi connectivity index (χ0v) is 20.6. The molecule has 0 atom stereocenters. The number of nitrogens with zero attached hydrogens (tertiary/aromatic N) is 2. The number of piperidine rings is 1. The first-order valence-corrected chi connectivity index (χ1v) is 13.0. The first kappa shape index (κ1) is 23.0. The van der Waals surface area contributed by atoms with Crippen molar-refractivity contribution < 1.29 is 9.53 Å². The average molecular weight is 460 g/mol. The van der Waals surface area contributed by atoms with Crippen molar-refractivity contribution in [2.24, 2.45) is 0 Å². The van der Waals surface area contributed by atoms with Gasteiger partial charge in [0.25, 0.3) is 5.91 Å². The van der Waals surface area contributed by atoms with Crippen molar-refractivity contribution in [1.82, 2.24) is 15.1 Å². The van der Waals surface area contributed by atoms with E-state index < -0.39 is 0 Å². The molecule has 0 bridgehead atoms. The summed E-state index contributed by atoms with van der Waals surface area (Å²) in [4.78, 5) is 17.3. The Balaban J connectivity index is 1.60. The van der Waals surface area contributed by atoms with Gasteiger partial charge in [-0.2, -0.15) is 0 Å². The van der Waals surface area contributed by atoms with Crippen LogP contribution < -0.4 is 5.32 Å². The van der Waals surface area contributed by atoms with Gasteiger partial charge >= 0.3 is 0 Å². The van der Waals surface area contributed by atoms with Crippen molar-refractivity contribution in [3.05, 3.63) is 76.7 Å². The first-order valence-electron chi connectivity index (χ1n) is 13.0. The molecule has 180 valence electrons. The van der Waals surface area contributed by atoms with Gasteiger partial charge in [0.1, 0.15) is 11.4 Å². The van der Waals surface area contributed by atoms with Gasteiger partial charge in [-0.25, -0.2) is 0 Å². The van der Waals surface area contributed by atoms with E-state index in [0.29, 0.717) is 0 Å². The van der Waals surface area contributed by atoms with Gasteiger partial charge in [-0.3, -0.25) is 4.79 Å². The topological polar surface area (TPSA) is 44.8 Å². The number of hydrogen-bond donors (Lipinski definition) is 1. The number of likely N-dealkylation sites (tertiary alicyclic amines) is 1. The molecule has 1 aliphatic carbocycles. The summed E-state index contributed by atoms with van der Waals surface area (Å²) >= 11 is 0. The van der Waals surface area contributed by atoms with Gasteiger partial charge in [-0.05, 0) is 75.2 Å². The minimum absolute atomic E-state index is 0.101. The molecule has 5 nitrogen and oxygen atoms in total. The van der Waals surface area contributed by atoms with E-state index in [0.717, 1.165) is 75.4 Å². The standard InChI is InChI=1S/C29H37N3O2/c1-3-31(4-2)28(33)23-13-11-22(12-14-23)24-21-29(15-17-30-18-16-29)34-26-10-6-5-9-25(27(24)26)32-19-7-8-20-32/h5-6,10-14,21,30H,3-4,7-9,15-20H2,1-2H3. The molecule has 3 heterocycles. The van der Waals surface area contributed by atoms with Crippen molar-refractivity contribution in [2.45, 2.75) is 51.6 Å². The molecular weight excluding hydrogens is 422 g/mol. The SMILES string of the molecule is CCN(CC)C(=O)c1ccc(C2=CC3(CCNCC3)OC3=CC=CCC(N4CCCC4)=C32)cc1. The number of carbonyl (C=O) groups excluding carboxylic acids is 1. The zero-order chi connectivity index (χ0) is 23.5. The van der Waals surface area contributed by atoms with Gasteiger partial charge in [0.15, 0.2) is 0 Å². The molecule has 1 amide bonds. The Morgan fingerprint density at radius 1 is 1.09 bits per heavy atom. The van der Waals surface area contributed by atoms with Gasteiger partial charge in [0, 0.05) is 62.3 Å². The second-order valence-electron chi connectivity index (χ2n) is 9.71. The lowest BCUT2D eigenvalue weighted by Gasteiger charge is -2.42. The van der Waals surface area contributed by atoms with E-state index in [-0.39, 0.29) is 11.5 Å². The maximum absolute atomic E-state index is 12.9. The molecule has 2 fully saturated rings. The lowest BCUT2D eigenvalue weighted by atomic mass is 9.81. The fourth-order valence-corrected chi connectivity index (χ4v) is 5.70. The molecule has 3 aliphatic heterocycles. The Morgan fingerprint density at radius 3 is 2.47 bits per heavy atom. The van der Waals surface area contributed by atoms with Crippen molar-refractivity contribution in [2.75, 3.05) is 39.3 Å². The van der Waals surface area contributed by atoms with Gasteiger partial charge in [-0.1, -0.05) is 24.3 Å². The number of allylic oxidation sites excluding steroid dienone is 4. The lowest BCUT2D eigenvalue weighted by molar-refractivity contribution is 0.0197. The van der Waals surface area contributed by atoms with Crippen molar-refractivity contribution in [1.29, 1.82) is 0 Å². The molecule has 1 spiro atoms. The van der Waals surface area contributed by atoms with Crippen molar-refractivity contribution >= 4 is 11.5 Å². The Hall–Kier alpha value is -2.79. The third-order valence-corrected chi connectivity index (χ3v) is 7.65. The van der Waals surface area contributed by atoms with Crippen LogP contribution in [0, 0.1) is 0 Å². The molecule has 34 heavy (non-hydrogen) atoms. The van der Waals surface area contributed by atoms with E-state index in [1.54, 1.807) is 0 Å². The molecule has 0 radical (unpaired) electrons. The monoisotopic (exact) mass is 459 g/mol. The Labute approximate surface area is 203 Å². The van der Waals surface area contributed by atoms with Crippen LogP contribution in [0.3, 0.4) is 0 Å². The second kappa shape index (κ2) is 9.83. The van der Waals surface area contributed by atoms with Gasteiger partial charge in [0.2, 0.25) is 0 Å². The summed E-state index contributed by atoms with van der Waals surface area (Å²) in [6.07, 6.45) is 14.3. The summed E-state index contributed by atoms with van der Waals surface area (Å²) in [5, 5.41) is 3.49. The molecule has 5 rings (SSSR count). The van der Waals surface area contributed by atoms with E-state index in [2.05, 4.69) is 46.7 Å². The lowest BCUT2D eigenvalue weighted by Crippen LogP contribution is -2.44. The number of carbonyl (C=O) groups is 1. The number of nitrogens with one attached hydrogen (secondary N) is 1. The molecule has 0 unspecified atom stereocenters. The number of rotatable bonds is 5. The van der Waals surface area contributed by atoms with Crippen LogP contribution >= 0.6 is 0 Å². The van der Waals surface area contributed by atoms with Crippen molar-refractivity contribution in [3.8, 4) is 0 Å². The predicted molar refractivity (Wildman–Crippen MR) is 137 cm³/mol. The number of hydrogen-bond acceptors (Lipinski definition) is 4. The molecule has 2 saturated heterocycles. The zero-order valence-electron chi connectivity index (χ0n) is 20.6. The first-order chi connectivity index (χ1) is 16.6. The number of amides is 1. The number of ether oxygens (including phenoxy) is 1. The fraction of sp³-hybridized carbons (Fsp3) is 0.483.